The first kappa shape index (κ1) is 16.6. The zero-order valence-corrected chi connectivity index (χ0v) is 11.3. The molecule has 19 heavy (non-hydrogen) atoms. The molecule has 0 aromatic heterocycles. The average molecular weight is 260 g/mol. The van der Waals surface area contributed by atoms with Gasteiger partial charge in [0.05, 0.1) is 12.3 Å². The van der Waals surface area contributed by atoms with Crippen LogP contribution < -0.4 is 11.5 Å². The molecule has 0 aliphatic carbocycles. The van der Waals surface area contributed by atoms with Crippen molar-refractivity contribution in [1.82, 2.24) is 0 Å². The summed E-state index contributed by atoms with van der Waals surface area (Å²) in [6.45, 7) is 20.5. The van der Waals surface area contributed by atoms with Crippen molar-refractivity contribution in [3.8, 4) is 0 Å². The quantitative estimate of drug-likeness (QED) is 0.651. The molecule has 1 atom stereocenters. The normalized spacial score (nSPS) is 11.2. The van der Waals surface area contributed by atoms with Crippen LogP contribution in [0.25, 0.3) is 0 Å². The molecule has 4 N–H and O–H groups in total. The molecule has 4 nitrogen and oxygen atoms in total. The molecule has 0 rings (SSSR count). The first-order valence-electron chi connectivity index (χ1n) is 5.62. The lowest BCUT2D eigenvalue weighted by atomic mass is 9.86. The first-order valence-corrected chi connectivity index (χ1v) is 5.62. The van der Waals surface area contributed by atoms with E-state index in [9.17, 15) is 9.59 Å². The van der Waals surface area contributed by atoms with Crippen LogP contribution in [0.3, 0.4) is 0 Å². The molecule has 4 heteroatoms. The van der Waals surface area contributed by atoms with Crippen molar-refractivity contribution in [2.24, 2.45) is 17.4 Å². The molecule has 0 spiro atoms. The lowest BCUT2D eigenvalue weighted by molar-refractivity contribution is -0.120. The molecule has 0 heterocycles. The lowest BCUT2D eigenvalue weighted by Gasteiger charge is -2.18. The van der Waals surface area contributed by atoms with Crippen LogP contribution in [0.4, 0.5) is 0 Å². The second kappa shape index (κ2) is 6.54. The van der Waals surface area contributed by atoms with E-state index in [-0.39, 0.29) is 6.42 Å². The van der Waals surface area contributed by atoms with Gasteiger partial charge in [0.2, 0.25) is 11.8 Å². The molecule has 0 aromatic rings. The maximum atomic E-state index is 11.1. The van der Waals surface area contributed by atoms with E-state index >= 15 is 0 Å². The van der Waals surface area contributed by atoms with Gasteiger partial charge in [0, 0.05) is 0 Å². The largest absolute Gasteiger partial charge is 0.369 e. The Labute approximate surface area is 113 Å². The van der Waals surface area contributed by atoms with E-state index in [4.69, 9.17) is 11.5 Å². The lowest BCUT2D eigenvalue weighted by Crippen LogP contribution is -2.23. The van der Waals surface area contributed by atoms with Gasteiger partial charge in [-0.1, -0.05) is 32.9 Å². The molecule has 0 saturated heterocycles. The van der Waals surface area contributed by atoms with Crippen molar-refractivity contribution >= 4 is 11.8 Å². The zero-order valence-electron chi connectivity index (χ0n) is 11.3. The number of carbonyl (C=O) groups excluding carboxylic acids is 2. The highest BCUT2D eigenvalue weighted by Gasteiger charge is 2.19. The molecule has 0 radical (unpaired) electrons. The second-order valence-corrected chi connectivity index (χ2v) is 4.33. The maximum absolute atomic E-state index is 11.1. The van der Waals surface area contributed by atoms with Crippen LogP contribution in [-0.4, -0.2) is 11.8 Å². The van der Waals surface area contributed by atoms with Gasteiger partial charge in [-0.15, -0.1) is 0 Å². The van der Waals surface area contributed by atoms with Crippen molar-refractivity contribution in [3.63, 3.8) is 0 Å². The van der Waals surface area contributed by atoms with Crippen LogP contribution in [0.1, 0.15) is 13.3 Å². The molecule has 0 bridgehead atoms. The summed E-state index contributed by atoms with van der Waals surface area (Å²) in [7, 11) is 0. The third kappa shape index (κ3) is 4.43. The molecule has 0 saturated carbocycles. The van der Waals surface area contributed by atoms with E-state index in [1.165, 1.54) is 0 Å². The Morgan fingerprint density at radius 1 is 0.947 bits per heavy atom. The second-order valence-electron chi connectivity index (χ2n) is 4.33. The number of hydrogen-bond donors (Lipinski definition) is 2. The number of amides is 2. The monoisotopic (exact) mass is 260 g/mol. The Hall–Kier alpha value is -2.36. The minimum atomic E-state index is -0.554. The van der Waals surface area contributed by atoms with E-state index < -0.39 is 17.7 Å². The highest BCUT2D eigenvalue weighted by molar-refractivity contribution is 5.82. The van der Waals surface area contributed by atoms with Crippen LogP contribution in [-0.2, 0) is 9.59 Å². The van der Waals surface area contributed by atoms with E-state index in [0.29, 0.717) is 27.9 Å². The molecule has 0 aliphatic rings. The minimum Gasteiger partial charge on any atom is -0.369 e. The van der Waals surface area contributed by atoms with Crippen molar-refractivity contribution in [2.75, 3.05) is 0 Å². The van der Waals surface area contributed by atoms with Crippen molar-refractivity contribution in [2.45, 2.75) is 13.3 Å². The van der Waals surface area contributed by atoms with Crippen LogP contribution >= 0.6 is 0 Å². The molecular weight excluding hydrogens is 240 g/mol. The smallest absolute Gasteiger partial charge is 0.224 e. The summed E-state index contributed by atoms with van der Waals surface area (Å²) in [6, 6.07) is 0. The third-order valence-corrected chi connectivity index (χ3v) is 2.88. The molecule has 0 fully saturated rings. The van der Waals surface area contributed by atoms with Crippen LogP contribution in [0, 0.1) is 5.92 Å². The number of allylic oxidation sites excluding steroid dienone is 3. The van der Waals surface area contributed by atoms with Gasteiger partial charge in [0.15, 0.2) is 0 Å². The molecule has 2 amide bonds. The van der Waals surface area contributed by atoms with Gasteiger partial charge in [-0.05, 0) is 34.8 Å². The molecule has 0 aromatic carbocycles. The van der Waals surface area contributed by atoms with Crippen LogP contribution in [0.2, 0.25) is 0 Å². The number of primary amides is 2. The summed E-state index contributed by atoms with van der Waals surface area (Å²) >= 11 is 0. The Morgan fingerprint density at radius 2 is 1.42 bits per heavy atom. The predicted octanol–water partition coefficient (Wildman–Crippen LogP) is 1.76. The van der Waals surface area contributed by atoms with E-state index in [1.54, 1.807) is 6.92 Å². The molecule has 102 valence electrons. The highest BCUT2D eigenvalue weighted by Crippen LogP contribution is 2.29. The first-order chi connectivity index (χ1) is 8.59. The maximum Gasteiger partial charge on any atom is 0.224 e. The fraction of sp³-hybridized carbons (Fsp3) is 0.200. The minimum absolute atomic E-state index is 0.0109. The van der Waals surface area contributed by atoms with Crippen LogP contribution in [0.5, 0.6) is 0 Å². The summed E-state index contributed by atoms with van der Waals surface area (Å²) < 4.78 is 0. The van der Waals surface area contributed by atoms with Gasteiger partial charge in [-0.25, -0.2) is 0 Å². The average Bonchev–Trinajstić information content (AvgIpc) is 2.33. The topological polar surface area (TPSA) is 86.2 Å². The van der Waals surface area contributed by atoms with Crippen molar-refractivity contribution < 1.29 is 9.59 Å². The summed E-state index contributed by atoms with van der Waals surface area (Å²) in [4.78, 5) is 21.9. The fourth-order valence-corrected chi connectivity index (χ4v) is 1.34. The van der Waals surface area contributed by atoms with Gasteiger partial charge in [-0.3, -0.25) is 9.59 Å². The summed E-state index contributed by atoms with van der Waals surface area (Å²) in [5.74, 6) is -1.56. The Balaban J connectivity index is 4.93. The van der Waals surface area contributed by atoms with Crippen molar-refractivity contribution in [1.29, 1.82) is 0 Å². The Bertz CT molecular complexity index is 498. The fourth-order valence-electron chi connectivity index (χ4n) is 1.34. The number of carbonyl (C=O) groups is 2. The number of hydrogen-bond acceptors (Lipinski definition) is 2. The molecule has 0 aliphatic heterocycles. The van der Waals surface area contributed by atoms with E-state index in [2.05, 4.69) is 32.9 Å². The van der Waals surface area contributed by atoms with E-state index in [0.717, 1.165) is 0 Å². The SMILES string of the molecule is C=C(CC(N)=O)C(=C)C(=C)C(=C)C(=C)C(C)C(N)=O. The van der Waals surface area contributed by atoms with Gasteiger partial charge >= 0.3 is 0 Å². The Kier molecular flexibility index (Phi) is 5.73. The van der Waals surface area contributed by atoms with Gasteiger partial charge in [0.25, 0.3) is 0 Å². The predicted molar refractivity (Wildman–Crippen MR) is 77.9 cm³/mol. The van der Waals surface area contributed by atoms with Gasteiger partial charge < -0.3 is 11.5 Å². The van der Waals surface area contributed by atoms with E-state index in [1.807, 2.05) is 0 Å². The number of nitrogens with two attached hydrogens (primary N) is 2. The zero-order chi connectivity index (χ0) is 15.3. The summed E-state index contributed by atoms with van der Waals surface area (Å²) in [5, 5.41) is 0. The van der Waals surface area contributed by atoms with Gasteiger partial charge in [0.1, 0.15) is 0 Å². The standard InChI is InChI=1S/C15H20N2O2/c1-8(7-14(16)18)9(2)10(3)11(4)12(5)13(6)15(17)19/h13H,1-5,7H2,6H3,(H2,16,18)(H2,17,19). The van der Waals surface area contributed by atoms with Crippen molar-refractivity contribution in [3.05, 3.63) is 60.8 Å². The Morgan fingerprint density at radius 3 is 1.79 bits per heavy atom. The summed E-state index contributed by atoms with van der Waals surface area (Å²) in [6.07, 6.45) is -0.0109. The third-order valence-electron chi connectivity index (χ3n) is 2.88. The number of rotatable bonds is 8. The van der Waals surface area contributed by atoms with Crippen LogP contribution in [0.15, 0.2) is 60.8 Å². The summed E-state index contributed by atoms with van der Waals surface area (Å²) in [5.41, 5.74) is 12.6. The molecule has 1 unspecified atom stereocenters. The highest BCUT2D eigenvalue weighted by atomic mass is 16.1. The van der Waals surface area contributed by atoms with Gasteiger partial charge in [-0.2, -0.15) is 0 Å². The molecular formula is C15H20N2O2.